The first-order valence-electron chi connectivity index (χ1n) is 7.62. The van der Waals surface area contributed by atoms with Crippen LogP contribution in [0.4, 0.5) is 16.2 Å². The minimum absolute atomic E-state index is 0.137. The number of fused-ring (bicyclic) bond motifs is 1. The molecular weight excluding hydrogens is 310 g/mol. The molecule has 1 atom stereocenters. The van der Waals surface area contributed by atoms with Gasteiger partial charge in [0, 0.05) is 18.5 Å². The van der Waals surface area contributed by atoms with Crippen molar-refractivity contribution in [2.45, 2.75) is 6.42 Å². The molecule has 2 aromatic carbocycles. The van der Waals surface area contributed by atoms with Gasteiger partial charge in [0.15, 0.2) is 0 Å². The maximum absolute atomic E-state index is 12.0. The van der Waals surface area contributed by atoms with E-state index >= 15 is 0 Å². The van der Waals surface area contributed by atoms with Crippen LogP contribution in [0.5, 0.6) is 5.75 Å². The van der Waals surface area contributed by atoms with E-state index in [0.29, 0.717) is 13.2 Å². The number of amides is 2. The quantitative estimate of drug-likeness (QED) is 0.667. The van der Waals surface area contributed by atoms with Gasteiger partial charge < -0.3 is 15.4 Å². The molecule has 0 aromatic heterocycles. The van der Waals surface area contributed by atoms with E-state index in [1.807, 2.05) is 24.3 Å². The SMILES string of the molecule is O=C(NC[C@H]1COc2ccccc2C1)Nc1ccccc1[N+](=O)[O-]. The van der Waals surface area contributed by atoms with Crippen LogP contribution in [0.15, 0.2) is 48.5 Å². The number of urea groups is 1. The second-order valence-electron chi connectivity index (χ2n) is 5.60. The fourth-order valence-corrected chi connectivity index (χ4v) is 2.66. The first-order chi connectivity index (χ1) is 11.6. The van der Waals surface area contributed by atoms with Crippen molar-refractivity contribution in [2.24, 2.45) is 5.92 Å². The number of hydrogen-bond donors (Lipinski definition) is 2. The molecular formula is C17H17N3O4. The molecule has 1 heterocycles. The highest BCUT2D eigenvalue weighted by Gasteiger charge is 2.20. The zero-order chi connectivity index (χ0) is 16.9. The maximum Gasteiger partial charge on any atom is 0.319 e. The van der Waals surface area contributed by atoms with Gasteiger partial charge in [0.25, 0.3) is 5.69 Å². The van der Waals surface area contributed by atoms with E-state index in [1.165, 1.54) is 12.1 Å². The third-order valence-corrected chi connectivity index (χ3v) is 3.86. The largest absolute Gasteiger partial charge is 0.493 e. The molecule has 124 valence electrons. The summed E-state index contributed by atoms with van der Waals surface area (Å²) in [5, 5.41) is 16.2. The highest BCUT2D eigenvalue weighted by Crippen LogP contribution is 2.26. The zero-order valence-corrected chi connectivity index (χ0v) is 12.9. The van der Waals surface area contributed by atoms with Gasteiger partial charge >= 0.3 is 6.03 Å². The van der Waals surface area contributed by atoms with Crippen molar-refractivity contribution in [3.63, 3.8) is 0 Å². The lowest BCUT2D eigenvalue weighted by molar-refractivity contribution is -0.383. The number of para-hydroxylation sites is 3. The van der Waals surface area contributed by atoms with E-state index < -0.39 is 11.0 Å². The van der Waals surface area contributed by atoms with Crippen LogP contribution >= 0.6 is 0 Å². The minimum Gasteiger partial charge on any atom is -0.493 e. The summed E-state index contributed by atoms with van der Waals surface area (Å²) < 4.78 is 5.68. The van der Waals surface area contributed by atoms with Gasteiger partial charge in [-0.3, -0.25) is 10.1 Å². The molecule has 0 saturated carbocycles. The minimum atomic E-state index is -0.526. The maximum atomic E-state index is 12.0. The van der Waals surface area contributed by atoms with Crippen molar-refractivity contribution < 1.29 is 14.5 Å². The van der Waals surface area contributed by atoms with E-state index in [1.54, 1.807) is 12.1 Å². The average molecular weight is 327 g/mol. The first-order valence-corrected chi connectivity index (χ1v) is 7.62. The Morgan fingerprint density at radius 1 is 1.21 bits per heavy atom. The van der Waals surface area contributed by atoms with Crippen molar-refractivity contribution in [1.29, 1.82) is 0 Å². The number of rotatable bonds is 4. The Kier molecular flexibility index (Phi) is 4.60. The molecule has 2 N–H and O–H groups in total. The predicted molar refractivity (Wildman–Crippen MR) is 89.2 cm³/mol. The molecule has 1 aliphatic heterocycles. The molecule has 0 radical (unpaired) electrons. The van der Waals surface area contributed by atoms with Crippen LogP contribution in [0.2, 0.25) is 0 Å². The summed E-state index contributed by atoms with van der Waals surface area (Å²) in [5.41, 5.74) is 1.16. The number of benzene rings is 2. The summed E-state index contributed by atoms with van der Waals surface area (Å²) in [4.78, 5) is 22.4. The summed E-state index contributed by atoms with van der Waals surface area (Å²) in [7, 11) is 0. The summed E-state index contributed by atoms with van der Waals surface area (Å²) in [6, 6.07) is 13.4. The van der Waals surface area contributed by atoms with Gasteiger partial charge in [0.2, 0.25) is 0 Å². The van der Waals surface area contributed by atoms with Crippen LogP contribution in [0, 0.1) is 16.0 Å². The monoisotopic (exact) mass is 327 g/mol. The van der Waals surface area contributed by atoms with E-state index in [0.717, 1.165) is 17.7 Å². The highest BCUT2D eigenvalue weighted by atomic mass is 16.6. The number of nitro benzene ring substituents is 1. The van der Waals surface area contributed by atoms with Crippen LogP contribution in [0.3, 0.4) is 0 Å². The number of nitro groups is 1. The standard InChI is InChI=1S/C17H17N3O4/c21-17(19-14-6-2-3-7-15(14)20(22)23)18-10-12-9-13-5-1-4-8-16(13)24-11-12/h1-8,12H,9-11H2,(H2,18,19,21)/t12-/m0/s1. The van der Waals surface area contributed by atoms with Crippen LogP contribution in [-0.4, -0.2) is 24.1 Å². The highest BCUT2D eigenvalue weighted by molar-refractivity contribution is 5.91. The Bertz CT molecular complexity index is 763. The molecule has 0 bridgehead atoms. The Hall–Kier alpha value is -3.09. The number of carbonyl (C=O) groups is 1. The number of carbonyl (C=O) groups excluding carboxylic acids is 1. The summed E-state index contributed by atoms with van der Waals surface area (Å²) >= 11 is 0. The summed E-state index contributed by atoms with van der Waals surface area (Å²) in [5.74, 6) is 1.05. The van der Waals surface area contributed by atoms with Gasteiger partial charge in [-0.05, 0) is 24.1 Å². The van der Waals surface area contributed by atoms with Crippen molar-refractivity contribution >= 4 is 17.4 Å². The molecule has 7 nitrogen and oxygen atoms in total. The molecule has 0 aliphatic carbocycles. The second kappa shape index (κ2) is 6.99. The van der Waals surface area contributed by atoms with Gasteiger partial charge in [-0.15, -0.1) is 0 Å². The smallest absolute Gasteiger partial charge is 0.319 e. The fourth-order valence-electron chi connectivity index (χ4n) is 2.66. The van der Waals surface area contributed by atoms with Crippen molar-refractivity contribution in [1.82, 2.24) is 5.32 Å². The lowest BCUT2D eigenvalue weighted by atomic mass is 9.97. The number of hydrogen-bond acceptors (Lipinski definition) is 4. The normalized spacial score (nSPS) is 15.8. The van der Waals surface area contributed by atoms with Crippen LogP contribution < -0.4 is 15.4 Å². The Balaban J connectivity index is 1.55. The van der Waals surface area contributed by atoms with E-state index in [9.17, 15) is 14.9 Å². The lowest BCUT2D eigenvalue weighted by Crippen LogP contribution is -2.37. The first kappa shape index (κ1) is 15.8. The van der Waals surface area contributed by atoms with E-state index in [4.69, 9.17) is 4.74 Å². The summed E-state index contributed by atoms with van der Waals surface area (Å²) in [6.07, 6.45) is 0.821. The van der Waals surface area contributed by atoms with Gasteiger partial charge in [0.1, 0.15) is 11.4 Å². The molecule has 2 aromatic rings. The Labute approximate surface area is 138 Å². The molecule has 3 rings (SSSR count). The lowest BCUT2D eigenvalue weighted by Gasteiger charge is -2.25. The molecule has 0 fully saturated rings. The van der Waals surface area contributed by atoms with Crippen molar-refractivity contribution in [3.05, 3.63) is 64.2 Å². The van der Waals surface area contributed by atoms with Crippen molar-refractivity contribution in [2.75, 3.05) is 18.5 Å². The molecule has 1 aliphatic rings. The fraction of sp³-hybridized carbons (Fsp3) is 0.235. The number of nitrogens with zero attached hydrogens (tertiary/aromatic N) is 1. The second-order valence-corrected chi connectivity index (χ2v) is 5.60. The predicted octanol–water partition coefficient (Wildman–Crippen LogP) is 2.97. The van der Waals surface area contributed by atoms with Gasteiger partial charge in [-0.1, -0.05) is 30.3 Å². The zero-order valence-electron chi connectivity index (χ0n) is 12.9. The van der Waals surface area contributed by atoms with Crippen molar-refractivity contribution in [3.8, 4) is 5.75 Å². The van der Waals surface area contributed by atoms with Gasteiger partial charge in [-0.25, -0.2) is 4.79 Å². The third kappa shape index (κ3) is 3.62. The topological polar surface area (TPSA) is 93.5 Å². The Morgan fingerprint density at radius 2 is 1.96 bits per heavy atom. The molecule has 2 amide bonds. The van der Waals surface area contributed by atoms with Gasteiger partial charge in [0.05, 0.1) is 11.5 Å². The summed E-state index contributed by atoms with van der Waals surface area (Å²) in [6.45, 7) is 0.962. The van der Waals surface area contributed by atoms with E-state index in [2.05, 4.69) is 10.6 Å². The Morgan fingerprint density at radius 3 is 2.79 bits per heavy atom. The molecule has 7 heteroatoms. The number of nitrogens with one attached hydrogen (secondary N) is 2. The average Bonchev–Trinajstić information content (AvgIpc) is 2.60. The van der Waals surface area contributed by atoms with Crippen LogP contribution in [0.25, 0.3) is 0 Å². The van der Waals surface area contributed by atoms with E-state index in [-0.39, 0.29) is 17.3 Å². The molecule has 24 heavy (non-hydrogen) atoms. The van der Waals surface area contributed by atoms with Crippen LogP contribution in [-0.2, 0) is 6.42 Å². The molecule has 0 unspecified atom stereocenters. The molecule has 0 spiro atoms. The molecule has 0 saturated heterocycles. The van der Waals surface area contributed by atoms with Gasteiger partial charge in [-0.2, -0.15) is 0 Å². The third-order valence-electron chi connectivity index (χ3n) is 3.86. The number of ether oxygens (including phenoxy) is 1. The van der Waals surface area contributed by atoms with Crippen LogP contribution in [0.1, 0.15) is 5.56 Å². The number of anilines is 1.